The van der Waals surface area contributed by atoms with Crippen LogP contribution in [0, 0.1) is 11.8 Å². The highest BCUT2D eigenvalue weighted by Gasteiger charge is 2.55. The maximum Gasteiger partial charge on any atom is 0.244 e. The molecule has 1 saturated heterocycles. The van der Waals surface area contributed by atoms with Gasteiger partial charge in [-0.05, 0) is 24.6 Å². The van der Waals surface area contributed by atoms with E-state index in [1.807, 2.05) is 0 Å². The van der Waals surface area contributed by atoms with Gasteiger partial charge in [-0.2, -0.15) is 0 Å². The molecule has 6 nitrogen and oxygen atoms in total. The molecule has 1 heterocycles. The second-order valence-corrected chi connectivity index (χ2v) is 7.97. The zero-order valence-electron chi connectivity index (χ0n) is 13.0. The highest BCUT2D eigenvalue weighted by molar-refractivity contribution is 7.89. The van der Waals surface area contributed by atoms with Gasteiger partial charge >= 0.3 is 0 Å². The fourth-order valence-electron chi connectivity index (χ4n) is 3.50. The maximum atomic E-state index is 12.8. The maximum absolute atomic E-state index is 12.8. The molecule has 1 aliphatic carbocycles. The van der Waals surface area contributed by atoms with Crippen molar-refractivity contribution in [3.63, 3.8) is 0 Å². The molecule has 4 atom stereocenters. The van der Waals surface area contributed by atoms with E-state index in [-0.39, 0.29) is 34.6 Å². The minimum Gasteiger partial charge on any atom is -0.495 e. The van der Waals surface area contributed by atoms with Crippen molar-refractivity contribution in [1.29, 1.82) is 0 Å². The first kappa shape index (κ1) is 17.0. The van der Waals surface area contributed by atoms with Crippen molar-refractivity contribution in [2.75, 3.05) is 27.4 Å². The summed E-state index contributed by atoms with van der Waals surface area (Å²) in [5, 5.41) is 0.343. The summed E-state index contributed by atoms with van der Waals surface area (Å²) in [7, 11) is -0.710. The van der Waals surface area contributed by atoms with Crippen molar-refractivity contribution >= 4 is 21.6 Å². The topological polar surface area (TPSA) is 73.9 Å². The Bertz CT molecular complexity index is 680. The smallest absolute Gasteiger partial charge is 0.244 e. The second-order valence-electron chi connectivity index (χ2n) is 5.85. The van der Waals surface area contributed by atoms with E-state index >= 15 is 0 Å². The van der Waals surface area contributed by atoms with Crippen molar-refractivity contribution in [1.82, 2.24) is 4.72 Å². The molecular formula is C15H20ClNO5S. The van der Waals surface area contributed by atoms with Gasteiger partial charge in [0.1, 0.15) is 10.6 Å². The number of benzene rings is 1. The van der Waals surface area contributed by atoms with Crippen LogP contribution in [0.3, 0.4) is 0 Å². The van der Waals surface area contributed by atoms with Gasteiger partial charge in [0.2, 0.25) is 10.0 Å². The number of ether oxygens (including phenoxy) is 3. The van der Waals surface area contributed by atoms with Crippen LogP contribution in [-0.2, 0) is 19.5 Å². The lowest BCUT2D eigenvalue weighted by Crippen LogP contribution is -2.62. The first-order valence-electron chi connectivity index (χ1n) is 7.44. The monoisotopic (exact) mass is 361 g/mol. The molecule has 128 valence electrons. The van der Waals surface area contributed by atoms with E-state index in [0.29, 0.717) is 18.2 Å². The minimum absolute atomic E-state index is 0.0208. The van der Waals surface area contributed by atoms with Crippen LogP contribution in [-0.4, -0.2) is 48.0 Å². The number of hydrogen-bond acceptors (Lipinski definition) is 5. The van der Waals surface area contributed by atoms with Gasteiger partial charge in [-0.1, -0.05) is 11.6 Å². The summed E-state index contributed by atoms with van der Waals surface area (Å²) in [5.41, 5.74) is 0. The molecule has 1 N–H and O–H groups in total. The molecule has 0 aromatic heterocycles. The van der Waals surface area contributed by atoms with Crippen molar-refractivity contribution in [3.05, 3.63) is 23.2 Å². The molecule has 1 aromatic rings. The molecule has 1 aliphatic heterocycles. The summed E-state index contributed by atoms with van der Waals surface area (Å²) in [6.07, 6.45) is 0.925. The molecule has 0 amide bonds. The summed E-state index contributed by atoms with van der Waals surface area (Å²) in [5.74, 6) is 0.478. The van der Waals surface area contributed by atoms with E-state index < -0.39 is 10.0 Å². The first-order chi connectivity index (χ1) is 11.0. The van der Waals surface area contributed by atoms with Crippen LogP contribution < -0.4 is 9.46 Å². The normalized spacial score (nSPS) is 29.9. The summed E-state index contributed by atoms with van der Waals surface area (Å²) >= 11 is 5.94. The van der Waals surface area contributed by atoms with Crippen LogP contribution in [0.5, 0.6) is 5.75 Å². The van der Waals surface area contributed by atoms with Gasteiger partial charge in [0.15, 0.2) is 0 Å². The van der Waals surface area contributed by atoms with Gasteiger partial charge in [-0.25, -0.2) is 13.1 Å². The molecule has 2 fully saturated rings. The minimum atomic E-state index is -3.75. The van der Waals surface area contributed by atoms with Crippen LogP contribution in [0.1, 0.15) is 6.42 Å². The van der Waals surface area contributed by atoms with Crippen LogP contribution in [0.15, 0.2) is 23.1 Å². The van der Waals surface area contributed by atoms with Gasteiger partial charge in [-0.3, -0.25) is 0 Å². The highest BCUT2D eigenvalue weighted by atomic mass is 35.5. The Labute approximate surface area is 141 Å². The van der Waals surface area contributed by atoms with E-state index in [2.05, 4.69) is 4.72 Å². The molecule has 0 unspecified atom stereocenters. The molecule has 0 radical (unpaired) electrons. The first-order valence-corrected chi connectivity index (χ1v) is 9.30. The molecule has 1 saturated carbocycles. The number of sulfonamides is 1. The fraction of sp³-hybridized carbons (Fsp3) is 0.600. The van der Waals surface area contributed by atoms with Crippen LogP contribution in [0.25, 0.3) is 0 Å². The quantitative estimate of drug-likeness (QED) is 0.834. The predicted octanol–water partition coefficient (Wildman–Crippen LogP) is 1.68. The zero-order valence-corrected chi connectivity index (χ0v) is 14.6. The van der Waals surface area contributed by atoms with Gasteiger partial charge in [0.25, 0.3) is 0 Å². The predicted molar refractivity (Wildman–Crippen MR) is 85.3 cm³/mol. The van der Waals surface area contributed by atoms with Crippen molar-refractivity contribution < 1.29 is 22.6 Å². The van der Waals surface area contributed by atoms with Crippen LogP contribution >= 0.6 is 11.6 Å². The van der Waals surface area contributed by atoms with Crippen LogP contribution in [0.4, 0.5) is 0 Å². The Balaban J connectivity index is 1.85. The third kappa shape index (κ3) is 3.08. The Kier molecular flexibility index (Phi) is 4.85. The van der Waals surface area contributed by atoms with Crippen molar-refractivity contribution in [2.45, 2.75) is 23.5 Å². The molecule has 8 heteroatoms. The van der Waals surface area contributed by atoms with Gasteiger partial charge < -0.3 is 14.2 Å². The van der Waals surface area contributed by atoms with Crippen molar-refractivity contribution in [3.8, 4) is 5.75 Å². The molecule has 0 bridgehead atoms. The van der Waals surface area contributed by atoms with E-state index in [1.54, 1.807) is 19.2 Å². The molecule has 3 rings (SSSR count). The van der Waals surface area contributed by atoms with E-state index in [1.165, 1.54) is 13.2 Å². The fourth-order valence-corrected chi connectivity index (χ4v) is 5.27. The lowest BCUT2D eigenvalue weighted by molar-refractivity contribution is -0.0775. The largest absolute Gasteiger partial charge is 0.495 e. The third-order valence-electron chi connectivity index (χ3n) is 4.59. The van der Waals surface area contributed by atoms with E-state index in [4.69, 9.17) is 25.8 Å². The Morgan fingerprint density at radius 1 is 1.39 bits per heavy atom. The van der Waals surface area contributed by atoms with Gasteiger partial charge in [0.05, 0.1) is 19.8 Å². The second kappa shape index (κ2) is 6.57. The van der Waals surface area contributed by atoms with E-state index in [0.717, 1.165) is 6.42 Å². The lowest BCUT2D eigenvalue weighted by atomic mass is 9.68. The van der Waals surface area contributed by atoms with E-state index in [9.17, 15) is 8.42 Å². The molecule has 2 aliphatic rings. The van der Waals surface area contributed by atoms with Crippen molar-refractivity contribution in [2.24, 2.45) is 11.8 Å². The number of rotatable bonds is 6. The number of methoxy groups -OCH3 is 2. The number of nitrogens with one attached hydrogen (secondary N) is 1. The molecular weight excluding hydrogens is 342 g/mol. The summed E-state index contributed by atoms with van der Waals surface area (Å²) in [6.45, 7) is 1.12. The third-order valence-corrected chi connectivity index (χ3v) is 6.31. The lowest BCUT2D eigenvalue weighted by Gasteiger charge is -2.47. The zero-order chi connectivity index (χ0) is 16.6. The molecule has 1 aromatic carbocycles. The summed E-state index contributed by atoms with van der Waals surface area (Å²) < 4.78 is 44.4. The Morgan fingerprint density at radius 2 is 2.17 bits per heavy atom. The number of halogens is 1. The number of hydrogen-bond donors (Lipinski definition) is 1. The Hall–Kier alpha value is -0.860. The highest BCUT2D eigenvalue weighted by Crippen LogP contribution is 2.44. The summed E-state index contributed by atoms with van der Waals surface area (Å²) in [4.78, 5) is 0.0473. The summed E-state index contributed by atoms with van der Waals surface area (Å²) in [6, 6.07) is 4.34. The molecule has 0 spiro atoms. The standard InChI is InChI=1S/C15H20ClNO5S/c1-20-8-11-14(10-5-6-22-15(10)11)17-23(18,19)13-7-9(16)3-4-12(13)21-2/h3-4,7,10-11,14-15,17H,5-6,8H2,1-2H3/t10-,11+,14+,15-/m0/s1. The average molecular weight is 362 g/mol. The molecule has 23 heavy (non-hydrogen) atoms. The Morgan fingerprint density at radius 3 is 2.87 bits per heavy atom. The van der Waals surface area contributed by atoms with Gasteiger partial charge in [0, 0.05) is 36.6 Å². The SMILES string of the molecule is COC[C@@H]1[C@H](NS(=O)(=O)c2cc(Cl)ccc2OC)[C@@H]2CCO[C@H]12. The average Bonchev–Trinajstić information content (AvgIpc) is 2.95. The number of fused-ring (bicyclic) bond motifs is 1. The van der Waals surface area contributed by atoms with Gasteiger partial charge in [-0.15, -0.1) is 0 Å². The van der Waals surface area contributed by atoms with Crippen LogP contribution in [0.2, 0.25) is 5.02 Å².